The second-order valence-electron chi connectivity index (χ2n) is 5.43. The quantitative estimate of drug-likeness (QED) is 0.476. The van der Waals surface area contributed by atoms with Gasteiger partial charge in [-0.25, -0.2) is 0 Å². The minimum Gasteiger partial charge on any atom is -0.481 e. The molecule has 0 aliphatic heterocycles. The average Bonchev–Trinajstić information content (AvgIpc) is 2.42. The number of hydrogen-bond acceptors (Lipinski definition) is 2. The molecule has 0 spiro atoms. The first kappa shape index (κ1) is 18.9. The summed E-state index contributed by atoms with van der Waals surface area (Å²) in [6.45, 7) is 2.91. The first-order valence-electron chi connectivity index (χ1n) is 8.15. The fourth-order valence-corrected chi connectivity index (χ4v) is 2.15. The third-order valence-electron chi connectivity index (χ3n) is 3.42. The number of aliphatic carboxylic acids is 1. The van der Waals surface area contributed by atoms with Crippen molar-refractivity contribution in [1.29, 1.82) is 0 Å². The van der Waals surface area contributed by atoms with Gasteiger partial charge in [0.25, 0.3) is 0 Å². The van der Waals surface area contributed by atoms with Crippen molar-refractivity contribution in [1.82, 2.24) is 5.32 Å². The Kier molecular flexibility index (Phi) is 13.6. The Labute approximate surface area is 123 Å². The maximum absolute atomic E-state index is 11.2. The van der Waals surface area contributed by atoms with Crippen LogP contribution in [0.1, 0.15) is 84.0 Å². The molecule has 0 saturated carbocycles. The summed E-state index contributed by atoms with van der Waals surface area (Å²) in [7, 11) is 0. The predicted octanol–water partition coefficient (Wildman–Crippen LogP) is 3.89. The van der Waals surface area contributed by atoms with E-state index in [4.69, 9.17) is 5.11 Å². The van der Waals surface area contributed by atoms with Crippen LogP contribution in [0.4, 0.5) is 0 Å². The predicted molar refractivity (Wildman–Crippen MR) is 81.7 cm³/mol. The zero-order valence-corrected chi connectivity index (χ0v) is 13.0. The molecule has 4 heteroatoms. The summed E-state index contributed by atoms with van der Waals surface area (Å²) >= 11 is 0. The van der Waals surface area contributed by atoms with E-state index in [0.717, 1.165) is 12.8 Å². The number of amides is 1. The molecule has 118 valence electrons. The van der Waals surface area contributed by atoms with Crippen LogP contribution < -0.4 is 5.32 Å². The fraction of sp³-hybridized carbons (Fsp3) is 0.875. The Hall–Kier alpha value is -1.06. The lowest BCUT2D eigenvalue weighted by Crippen LogP contribution is -2.24. The normalized spacial score (nSPS) is 10.4. The number of carboxylic acid groups (broad SMARTS) is 1. The van der Waals surface area contributed by atoms with E-state index < -0.39 is 5.97 Å². The summed E-state index contributed by atoms with van der Waals surface area (Å²) in [5.74, 6) is -1.07. The molecule has 4 nitrogen and oxygen atoms in total. The van der Waals surface area contributed by atoms with E-state index in [1.807, 2.05) is 0 Å². The number of carbonyl (C=O) groups excluding carboxylic acids is 1. The summed E-state index contributed by atoms with van der Waals surface area (Å²) in [4.78, 5) is 21.5. The molecule has 0 rings (SSSR count). The number of unbranched alkanes of at least 4 members (excludes halogenated alkanes) is 9. The van der Waals surface area contributed by atoms with Crippen LogP contribution >= 0.6 is 0 Å². The van der Waals surface area contributed by atoms with Gasteiger partial charge in [-0.2, -0.15) is 0 Å². The summed E-state index contributed by atoms with van der Waals surface area (Å²) in [6, 6.07) is 0. The second kappa shape index (κ2) is 14.4. The van der Waals surface area contributed by atoms with Gasteiger partial charge in [0, 0.05) is 13.0 Å². The minimum atomic E-state index is -0.918. The Bertz CT molecular complexity index is 254. The molecule has 0 saturated heterocycles. The zero-order chi connectivity index (χ0) is 15.1. The lowest BCUT2D eigenvalue weighted by Gasteiger charge is -2.04. The van der Waals surface area contributed by atoms with Gasteiger partial charge in [0.1, 0.15) is 0 Å². The highest BCUT2D eigenvalue weighted by Crippen LogP contribution is 2.10. The van der Waals surface area contributed by atoms with Gasteiger partial charge in [0.15, 0.2) is 0 Å². The van der Waals surface area contributed by atoms with Gasteiger partial charge in [0.2, 0.25) is 5.91 Å². The van der Waals surface area contributed by atoms with Crippen molar-refractivity contribution in [3.05, 3.63) is 0 Å². The molecule has 0 radical (unpaired) electrons. The van der Waals surface area contributed by atoms with Crippen LogP contribution in [0.3, 0.4) is 0 Å². The Morgan fingerprint density at radius 2 is 1.30 bits per heavy atom. The highest BCUT2D eigenvalue weighted by Gasteiger charge is 2.03. The Morgan fingerprint density at radius 1 is 0.800 bits per heavy atom. The van der Waals surface area contributed by atoms with E-state index >= 15 is 0 Å². The molecule has 20 heavy (non-hydrogen) atoms. The van der Waals surface area contributed by atoms with Crippen LogP contribution in [-0.2, 0) is 9.59 Å². The van der Waals surface area contributed by atoms with Crippen molar-refractivity contribution < 1.29 is 14.7 Å². The average molecular weight is 285 g/mol. The van der Waals surface area contributed by atoms with E-state index in [1.54, 1.807) is 0 Å². The molecule has 0 aromatic heterocycles. The van der Waals surface area contributed by atoms with Gasteiger partial charge in [-0.05, 0) is 6.42 Å². The maximum atomic E-state index is 11.2. The summed E-state index contributed by atoms with van der Waals surface area (Å²) in [5.41, 5.74) is 0. The molecule has 0 fully saturated rings. The molecule has 0 aromatic carbocycles. The molecule has 2 N–H and O–H groups in total. The monoisotopic (exact) mass is 285 g/mol. The fourth-order valence-electron chi connectivity index (χ4n) is 2.15. The van der Waals surface area contributed by atoms with Crippen LogP contribution in [0.5, 0.6) is 0 Å². The van der Waals surface area contributed by atoms with Crippen LogP contribution in [0.15, 0.2) is 0 Å². The molecular formula is C16H31NO3. The topological polar surface area (TPSA) is 66.4 Å². The molecule has 0 aromatic rings. The van der Waals surface area contributed by atoms with Crippen molar-refractivity contribution in [3.8, 4) is 0 Å². The first-order valence-corrected chi connectivity index (χ1v) is 8.15. The second-order valence-corrected chi connectivity index (χ2v) is 5.43. The number of hydrogen-bond donors (Lipinski definition) is 2. The molecule has 0 unspecified atom stereocenters. The molecule has 0 heterocycles. The van der Waals surface area contributed by atoms with Crippen molar-refractivity contribution in [3.63, 3.8) is 0 Å². The zero-order valence-electron chi connectivity index (χ0n) is 13.0. The third-order valence-corrected chi connectivity index (χ3v) is 3.42. The van der Waals surface area contributed by atoms with E-state index in [-0.39, 0.29) is 18.7 Å². The number of carbonyl (C=O) groups is 2. The first-order chi connectivity index (χ1) is 9.66. The van der Waals surface area contributed by atoms with Gasteiger partial charge in [-0.3, -0.25) is 9.59 Å². The lowest BCUT2D eigenvalue weighted by molar-refractivity contribution is -0.138. The van der Waals surface area contributed by atoms with Crippen molar-refractivity contribution in [2.75, 3.05) is 6.54 Å². The van der Waals surface area contributed by atoms with Gasteiger partial charge < -0.3 is 10.4 Å². The van der Waals surface area contributed by atoms with Gasteiger partial charge in [0.05, 0.1) is 6.42 Å². The molecule has 0 bridgehead atoms. The van der Waals surface area contributed by atoms with Gasteiger partial charge in [-0.15, -0.1) is 0 Å². The highest BCUT2D eigenvalue weighted by molar-refractivity contribution is 5.80. The standard InChI is InChI=1S/C16H31NO3/c1-2-3-4-5-6-7-8-9-10-11-14-17-15(18)12-13-16(19)20/h2-14H2,1H3,(H,17,18)(H,19,20). The van der Waals surface area contributed by atoms with Crippen LogP contribution in [0, 0.1) is 0 Å². The van der Waals surface area contributed by atoms with Crippen molar-refractivity contribution in [2.45, 2.75) is 84.0 Å². The molecule has 0 atom stereocenters. The summed E-state index contributed by atoms with van der Waals surface area (Å²) < 4.78 is 0. The van der Waals surface area contributed by atoms with Crippen LogP contribution in [-0.4, -0.2) is 23.5 Å². The maximum Gasteiger partial charge on any atom is 0.303 e. The SMILES string of the molecule is CCCCCCCCCCCCNC(=O)CCC(=O)O. The lowest BCUT2D eigenvalue weighted by atomic mass is 10.1. The van der Waals surface area contributed by atoms with E-state index in [0.29, 0.717) is 6.54 Å². The Balaban J connectivity index is 3.12. The number of nitrogens with one attached hydrogen (secondary N) is 1. The van der Waals surface area contributed by atoms with E-state index in [1.165, 1.54) is 51.4 Å². The van der Waals surface area contributed by atoms with E-state index in [9.17, 15) is 9.59 Å². The molecular weight excluding hydrogens is 254 g/mol. The molecule has 1 amide bonds. The van der Waals surface area contributed by atoms with Crippen molar-refractivity contribution >= 4 is 11.9 Å². The largest absolute Gasteiger partial charge is 0.481 e. The molecule has 0 aliphatic carbocycles. The molecule has 0 aliphatic rings. The smallest absolute Gasteiger partial charge is 0.303 e. The Morgan fingerprint density at radius 3 is 1.80 bits per heavy atom. The summed E-state index contributed by atoms with van der Waals surface area (Å²) in [6.07, 6.45) is 12.8. The number of rotatable bonds is 14. The van der Waals surface area contributed by atoms with Gasteiger partial charge in [-0.1, -0.05) is 64.7 Å². The van der Waals surface area contributed by atoms with Crippen LogP contribution in [0.2, 0.25) is 0 Å². The van der Waals surface area contributed by atoms with Crippen LogP contribution in [0.25, 0.3) is 0 Å². The van der Waals surface area contributed by atoms with Gasteiger partial charge >= 0.3 is 5.97 Å². The minimum absolute atomic E-state index is 0.0795. The summed E-state index contributed by atoms with van der Waals surface area (Å²) in [5, 5.41) is 11.2. The highest BCUT2D eigenvalue weighted by atomic mass is 16.4. The number of carboxylic acids is 1. The van der Waals surface area contributed by atoms with Crippen molar-refractivity contribution in [2.24, 2.45) is 0 Å². The third kappa shape index (κ3) is 15.0. The van der Waals surface area contributed by atoms with E-state index in [2.05, 4.69) is 12.2 Å².